The van der Waals surface area contributed by atoms with Gasteiger partial charge in [-0.1, -0.05) is 35.9 Å². The van der Waals surface area contributed by atoms with Gasteiger partial charge in [0.05, 0.1) is 22.7 Å². The van der Waals surface area contributed by atoms with E-state index in [9.17, 15) is 28.9 Å². The molecule has 0 bridgehead atoms. The lowest BCUT2D eigenvalue weighted by atomic mass is 9.96. The predicted molar refractivity (Wildman–Crippen MR) is 120 cm³/mol. The Balaban J connectivity index is 1.96. The molecule has 0 amide bonds. The average Bonchev–Trinajstić information content (AvgIpc) is 3.21. The standard InChI is InChI=1S/C24H17ClF2N2O4/c25-21-15(19(31)11-30)4-3-5-16(21)23(33)20(22(32)12-8-13(26)10-14(27)9-12)24-28-17-6-1-2-7-18(17)29-24/h1-10,19,30-32H,11H2,(H,28,29)/b22-20+. The molecule has 3 aromatic carbocycles. The molecule has 0 fully saturated rings. The van der Waals surface area contributed by atoms with E-state index in [1.165, 1.54) is 18.2 Å². The van der Waals surface area contributed by atoms with Crippen molar-refractivity contribution in [3.05, 3.63) is 99.8 Å². The number of aliphatic hydroxyl groups is 3. The number of nitrogens with one attached hydrogen (secondary N) is 1. The lowest BCUT2D eigenvalue weighted by molar-refractivity contribution is 0.0954. The number of allylic oxidation sites excluding steroid dienone is 1. The van der Waals surface area contributed by atoms with Gasteiger partial charge in [0.1, 0.15) is 34.9 Å². The molecule has 0 spiro atoms. The van der Waals surface area contributed by atoms with Gasteiger partial charge in [0.2, 0.25) is 5.78 Å². The average molecular weight is 471 g/mol. The van der Waals surface area contributed by atoms with Crippen molar-refractivity contribution in [3.8, 4) is 0 Å². The van der Waals surface area contributed by atoms with Crippen molar-refractivity contribution in [1.82, 2.24) is 9.97 Å². The van der Waals surface area contributed by atoms with Gasteiger partial charge in [-0.15, -0.1) is 0 Å². The van der Waals surface area contributed by atoms with Crippen LogP contribution in [0.4, 0.5) is 8.78 Å². The van der Waals surface area contributed by atoms with E-state index in [1.54, 1.807) is 24.3 Å². The Bertz CT molecular complexity index is 1350. The molecule has 6 nitrogen and oxygen atoms in total. The zero-order valence-electron chi connectivity index (χ0n) is 16.9. The van der Waals surface area contributed by atoms with Crippen LogP contribution in [0.5, 0.6) is 0 Å². The van der Waals surface area contributed by atoms with Crippen molar-refractivity contribution < 1.29 is 28.9 Å². The molecule has 9 heteroatoms. The third-order valence-corrected chi connectivity index (χ3v) is 5.45. The van der Waals surface area contributed by atoms with Gasteiger partial charge in [-0.05, 0) is 30.3 Å². The van der Waals surface area contributed by atoms with Crippen LogP contribution < -0.4 is 0 Å². The minimum absolute atomic E-state index is 0.0486. The van der Waals surface area contributed by atoms with Crippen LogP contribution >= 0.6 is 11.6 Å². The van der Waals surface area contributed by atoms with Crippen LogP contribution in [-0.4, -0.2) is 37.7 Å². The first-order chi connectivity index (χ1) is 15.8. The topological polar surface area (TPSA) is 106 Å². The highest BCUT2D eigenvalue weighted by Gasteiger charge is 2.27. The van der Waals surface area contributed by atoms with E-state index >= 15 is 0 Å². The summed E-state index contributed by atoms with van der Waals surface area (Å²) in [4.78, 5) is 20.9. The fraction of sp³-hybridized carbons (Fsp3) is 0.0833. The largest absolute Gasteiger partial charge is 0.506 e. The quantitative estimate of drug-likeness (QED) is 0.183. The van der Waals surface area contributed by atoms with Crippen molar-refractivity contribution in [2.45, 2.75) is 6.10 Å². The van der Waals surface area contributed by atoms with E-state index in [2.05, 4.69) is 9.97 Å². The summed E-state index contributed by atoms with van der Waals surface area (Å²) in [7, 11) is 0. The Labute approximate surface area is 191 Å². The van der Waals surface area contributed by atoms with E-state index in [0.717, 1.165) is 12.1 Å². The first kappa shape index (κ1) is 22.6. The number of H-pyrrole nitrogens is 1. The van der Waals surface area contributed by atoms with Gasteiger partial charge in [0, 0.05) is 22.8 Å². The van der Waals surface area contributed by atoms with E-state index in [0.29, 0.717) is 17.1 Å². The highest BCUT2D eigenvalue weighted by atomic mass is 35.5. The van der Waals surface area contributed by atoms with Crippen LogP contribution in [0.25, 0.3) is 22.4 Å². The summed E-state index contributed by atoms with van der Waals surface area (Å²) in [6.07, 6.45) is -1.34. The Morgan fingerprint density at radius 1 is 1.06 bits per heavy atom. The van der Waals surface area contributed by atoms with E-state index in [1.807, 2.05) is 0 Å². The number of ketones is 1. The monoisotopic (exact) mass is 470 g/mol. The number of carbonyl (C=O) groups is 1. The molecule has 4 rings (SSSR count). The van der Waals surface area contributed by atoms with Crippen LogP contribution in [0, 0.1) is 11.6 Å². The number of hydrogen-bond acceptors (Lipinski definition) is 5. The molecule has 0 saturated carbocycles. The summed E-state index contributed by atoms with van der Waals surface area (Å²) in [5.41, 5.74) is 0.386. The molecular weight excluding hydrogens is 454 g/mol. The third-order valence-electron chi connectivity index (χ3n) is 5.03. The van der Waals surface area contributed by atoms with Crippen molar-refractivity contribution in [2.24, 2.45) is 0 Å². The first-order valence-corrected chi connectivity index (χ1v) is 10.1. The first-order valence-electron chi connectivity index (χ1n) is 9.77. The van der Waals surface area contributed by atoms with Crippen molar-refractivity contribution in [2.75, 3.05) is 6.61 Å². The lowest BCUT2D eigenvalue weighted by Crippen LogP contribution is -2.11. The van der Waals surface area contributed by atoms with Gasteiger partial charge in [-0.3, -0.25) is 4.79 Å². The molecule has 1 atom stereocenters. The maximum absolute atomic E-state index is 13.8. The van der Waals surface area contributed by atoms with Crippen molar-refractivity contribution in [1.29, 1.82) is 0 Å². The second-order valence-corrected chi connectivity index (χ2v) is 7.60. The summed E-state index contributed by atoms with van der Waals surface area (Å²) in [5, 5.41) is 30.1. The summed E-state index contributed by atoms with van der Waals surface area (Å²) in [6, 6.07) is 13.5. The number of hydrogen-bond donors (Lipinski definition) is 4. The van der Waals surface area contributed by atoms with Gasteiger partial charge >= 0.3 is 0 Å². The number of aliphatic hydroxyl groups excluding tert-OH is 3. The number of Topliss-reactive ketones (excluding diaryl/α,β-unsaturated/α-hetero) is 1. The van der Waals surface area contributed by atoms with Crippen LogP contribution in [-0.2, 0) is 0 Å². The van der Waals surface area contributed by atoms with Gasteiger partial charge in [0.25, 0.3) is 0 Å². The lowest BCUT2D eigenvalue weighted by Gasteiger charge is -2.14. The number of rotatable bonds is 6. The molecule has 1 unspecified atom stereocenters. The summed E-state index contributed by atoms with van der Waals surface area (Å²) >= 11 is 6.34. The van der Waals surface area contributed by atoms with Crippen LogP contribution in [0.3, 0.4) is 0 Å². The summed E-state index contributed by atoms with van der Waals surface area (Å²) in [6.45, 7) is -0.628. The second-order valence-electron chi connectivity index (χ2n) is 7.22. The summed E-state index contributed by atoms with van der Waals surface area (Å²) < 4.78 is 27.7. The number of aromatic nitrogens is 2. The minimum atomic E-state index is -1.34. The van der Waals surface area contributed by atoms with Gasteiger partial charge < -0.3 is 20.3 Å². The molecule has 168 valence electrons. The molecule has 0 aliphatic rings. The summed E-state index contributed by atoms with van der Waals surface area (Å²) in [5.74, 6) is -3.47. The SMILES string of the molecule is O=C(/C(=C(\O)c1cc(F)cc(F)c1)c1nc2ccccc2[nH]1)c1cccc(C(O)CO)c1Cl. The number of imidazole rings is 1. The van der Waals surface area contributed by atoms with Crippen LogP contribution in [0.15, 0.2) is 60.7 Å². The van der Waals surface area contributed by atoms with E-state index in [4.69, 9.17) is 11.6 Å². The van der Waals surface area contributed by atoms with Crippen LogP contribution in [0.2, 0.25) is 5.02 Å². The maximum atomic E-state index is 13.8. The normalized spacial score (nSPS) is 13.1. The number of aromatic amines is 1. The Morgan fingerprint density at radius 2 is 1.76 bits per heavy atom. The molecule has 0 radical (unpaired) electrons. The molecule has 0 aliphatic heterocycles. The number of carbonyl (C=O) groups excluding carboxylic acids is 1. The Hall–Kier alpha value is -3.59. The maximum Gasteiger partial charge on any atom is 0.202 e. The number of benzene rings is 3. The van der Waals surface area contributed by atoms with E-state index < -0.39 is 35.9 Å². The van der Waals surface area contributed by atoms with Gasteiger partial charge in [-0.2, -0.15) is 0 Å². The molecule has 0 saturated heterocycles. The number of fused-ring (bicyclic) bond motifs is 1. The highest BCUT2D eigenvalue weighted by Crippen LogP contribution is 2.33. The van der Waals surface area contributed by atoms with E-state index in [-0.39, 0.29) is 33.1 Å². The van der Waals surface area contributed by atoms with Gasteiger partial charge in [-0.25, -0.2) is 13.8 Å². The molecular formula is C24H17ClF2N2O4. The zero-order valence-corrected chi connectivity index (χ0v) is 17.6. The minimum Gasteiger partial charge on any atom is -0.506 e. The Morgan fingerprint density at radius 3 is 2.42 bits per heavy atom. The highest BCUT2D eigenvalue weighted by molar-refractivity contribution is 6.41. The smallest absolute Gasteiger partial charge is 0.202 e. The molecule has 0 aliphatic carbocycles. The zero-order chi connectivity index (χ0) is 23.7. The van der Waals surface area contributed by atoms with Gasteiger partial charge in [0.15, 0.2) is 0 Å². The Kier molecular flexibility index (Phi) is 6.24. The third kappa shape index (κ3) is 4.36. The molecule has 33 heavy (non-hydrogen) atoms. The van der Waals surface area contributed by atoms with Crippen molar-refractivity contribution in [3.63, 3.8) is 0 Å². The predicted octanol–water partition coefficient (Wildman–Crippen LogP) is 4.83. The fourth-order valence-corrected chi connectivity index (χ4v) is 3.79. The second kappa shape index (κ2) is 9.11. The fourth-order valence-electron chi connectivity index (χ4n) is 3.45. The van der Waals surface area contributed by atoms with Crippen LogP contribution in [0.1, 0.15) is 33.4 Å². The molecule has 4 aromatic rings. The number of nitrogens with zero attached hydrogens (tertiary/aromatic N) is 1. The van der Waals surface area contributed by atoms with Crippen molar-refractivity contribution >= 4 is 39.7 Å². The molecule has 1 aromatic heterocycles. The number of para-hydroxylation sites is 2. The number of halogens is 3. The molecule has 1 heterocycles. The molecule has 4 N–H and O–H groups in total.